The van der Waals surface area contributed by atoms with Gasteiger partial charge in [-0.05, 0) is 86.9 Å². The average molecular weight is 337 g/mol. The Hall–Kier alpha value is -2.12. The van der Waals surface area contributed by atoms with Crippen LogP contribution in [0.15, 0.2) is 30.5 Å². The minimum Gasteiger partial charge on any atom is -0.497 e. The van der Waals surface area contributed by atoms with Crippen LogP contribution >= 0.6 is 0 Å². The van der Waals surface area contributed by atoms with Crippen molar-refractivity contribution in [2.75, 3.05) is 20.2 Å². The van der Waals surface area contributed by atoms with Gasteiger partial charge in [0.1, 0.15) is 5.75 Å². The van der Waals surface area contributed by atoms with E-state index in [1.54, 1.807) is 7.11 Å². The molecule has 0 aliphatic carbocycles. The standard InChI is InChI=1S/C21H27N3O/c1-25-19-7-8-21-20(14-19)17(10-13-24-21)5-2-4-16-9-12-23-15-18(16)6-3-11-22/h7-8,10,13-14,16,18,23H,2-6,9,12,15H2,1H3/t16-,18+/m1/s1. The van der Waals surface area contributed by atoms with Crippen molar-refractivity contribution in [2.24, 2.45) is 11.8 Å². The minimum absolute atomic E-state index is 0.655. The number of nitrogens with one attached hydrogen (secondary N) is 1. The van der Waals surface area contributed by atoms with Crippen LogP contribution in [-0.4, -0.2) is 25.2 Å². The summed E-state index contributed by atoms with van der Waals surface area (Å²) in [6, 6.07) is 10.5. The van der Waals surface area contributed by atoms with Crippen LogP contribution in [0.5, 0.6) is 5.75 Å². The van der Waals surface area contributed by atoms with Crippen molar-refractivity contribution in [3.05, 3.63) is 36.0 Å². The molecule has 1 aliphatic heterocycles. The maximum atomic E-state index is 8.86. The quantitative estimate of drug-likeness (QED) is 0.826. The molecule has 2 heterocycles. The van der Waals surface area contributed by atoms with Gasteiger partial charge in [-0.15, -0.1) is 0 Å². The van der Waals surface area contributed by atoms with Gasteiger partial charge in [0, 0.05) is 18.0 Å². The molecular weight excluding hydrogens is 310 g/mol. The summed E-state index contributed by atoms with van der Waals surface area (Å²) in [7, 11) is 1.70. The molecule has 0 radical (unpaired) electrons. The summed E-state index contributed by atoms with van der Waals surface area (Å²) in [5, 5.41) is 13.6. The maximum absolute atomic E-state index is 8.86. The number of benzene rings is 1. The molecule has 1 N–H and O–H groups in total. The van der Waals surface area contributed by atoms with Crippen LogP contribution in [0.3, 0.4) is 0 Å². The number of hydrogen-bond donors (Lipinski definition) is 1. The lowest BCUT2D eigenvalue weighted by molar-refractivity contribution is 0.226. The van der Waals surface area contributed by atoms with E-state index in [2.05, 4.69) is 28.5 Å². The molecule has 4 nitrogen and oxygen atoms in total. The number of rotatable bonds is 7. The third-order valence-corrected chi connectivity index (χ3v) is 5.45. The molecule has 3 rings (SSSR count). The fourth-order valence-corrected chi connectivity index (χ4v) is 4.03. The van der Waals surface area contributed by atoms with Crippen LogP contribution in [0, 0.1) is 23.2 Å². The molecule has 4 heteroatoms. The average Bonchev–Trinajstić information content (AvgIpc) is 2.67. The van der Waals surface area contributed by atoms with E-state index < -0.39 is 0 Å². The summed E-state index contributed by atoms with van der Waals surface area (Å²) in [6.07, 6.45) is 8.35. The zero-order chi connectivity index (χ0) is 17.5. The smallest absolute Gasteiger partial charge is 0.119 e. The summed E-state index contributed by atoms with van der Waals surface area (Å²) in [5.41, 5.74) is 2.39. The monoisotopic (exact) mass is 337 g/mol. The number of methoxy groups -OCH3 is 1. The molecule has 0 saturated carbocycles. The van der Waals surface area contributed by atoms with Crippen molar-refractivity contribution in [1.82, 2.24) is 10.3 Å². The second-order valence-electron chi connectivity index (χ2n) is 6.96. The highest BCUT2D eigenvalue weighted by Gasteiger charge is 2.24. The van der Waals surface area contributed by atoms with E-state index in [4.69, 9.17) is 10.00 Å². The molecule has 25 heavy (non-hydrogen) atoms. The molecule has 0 spiro atoms. The Kier molecular flexibility index (Phi) is 6.25. The topological polar surface area (TPSA) is 57.9 Å². The summed E-state index contributed by atoms with van der Waals surface area (Å²) >= 11 is 0. The normalized spacial score (nSPS) is 20.3. The number of hydrogen-bond acceptors (Lipinski definition) is 4. The summed E-state index contributed by atoms with van der Waals surface area (Å²) in [4.78, 5) is 4.47. The number of fused-ring (bicyclic) bond motifs is 1. The molecule has 1 aliphatic rings. The van der Waals surface area contributed by atoms with Gasteiger partial charge in [0.25, 0.3) is 0 Å². The van der Waals surface area contributed by atoms with Crippen molar-refractivity contribution in [2.45, 2.75) is 38.5 Å². The van der Waals surface area contributed by atoms with E-state index in [0.29, 0.717) is 12.3 Å². The van der Waals surface area contributed by atoms with Gasteiger partial charge in [0.2, 0.25) is 0 Å². The lowest BCUT2D eigenvalue weighted by atomic mass is 9.80. The first-order chi connectivity index (χ1) is 12.3. The van der Waals surface area contributed by atoms with Gasteiger partial charge in [-0.1, -0.05) is 0 Å². The number of nitrogens with zero attached hydrogens (tertiary/aromatic N) is 2. The second-order valence-corrected chi connectivity index (χ2v) is 6.96. The van der Waals surface area contributed by atoms with Gasteiger partial charge in [0.15, 0.2) is 0 Å². The van der Waals surface area contributed by atoms with Crippen LogP contribution in [0.2, 0.25) is 0 Å². The number of piperidine rings is 1. The highest BCUT2D eigenvalue weighted by Crippen LogP contribution is 2.29. The number of aromatic nitrogens is 1. The molecule has 2 aromatic rings. The molecule has 0 amide bonds. The predicted molar refractivity (Wildman–Crippen MR) is 101 cm³/mol. The molecule has 1 aromatic carbocycles. The highest BCUT2D eigenvalue weighted by molar-refractivity contribution is 5.83. The van der Waals surface area contributed by atoms with Crippen LogP contribution in [0.4, 0.5) is 0 Å². The van der Waals surface area contributed by atoms with Gasteiger partial charge in [0.05, 0.1) is 18.7 Å². The van der Waals surface area contributed by atoms with Crippen LogP contribution in [0.1, 0.15) is 37.7 Å². The molecule has 0 bridgehead atoms. The van der Waals surface area contributed by atoms with Crippen molar-refractivity contribution in [3.63, 3.8) is 0 Å². The minimum atomic E-state index is 0.655. The Morgan fingerprint density at radius 2 is 2.20 bits per heavy atom. The lowest BCUT2D eigenvalue weighted by Crippen LogP contribution is -2.36. The summed E-state index contributed by atoms with van der Waals surface area (Å²) in [5.74, 6) is 2.29. The predicted octanol–water partition coefficient (Wildman–Crippen LogP) is 4.10. The molecule has 132 valence electrons. The van der Waals surface area contributed by atoms with Gasteiger partial charge in [-0.2, -0.15) is 5.26 Å². The van der Waals surface area contributed by atoms with Gasteiger partial charge in [-0.25, -0.2) is 0 Å². The van der Waals surface area contributed by atoms with Gasteiger partial charge in [-0.3, -0.25) is 4.98 Å². The molecule has 1 fully saturated rings. The molecule has 0 unspecified atom stereocenters. The van der Waals surface area contributed by atoms with Gasteiger partial charge < -0.3 is 10.1 Å². The van der Waals surface area contributed by atoms with Crippen LogP contribution in [0.25, 0.3) is 10.9 Å². The van der Waals surface area contributed by atoms with Crippen molar-refractivity contribution in [3.8, 4) is 11.8 Å². The van der Waals surface area contributed by atoms with E-state index >= 15 is 0 Å². The first-order valence-electron chi connectivity index (χ1n) is 9.31. The first kappa shape index (κ1) is 17.7. The van der Waals surface area contributed by atoms with Crippen LogP contribution in [-0.2, 0) is 6.42 Å². The fourth-order valence-electron chi connectivity index (χ4n) is 4.03. The van der Waals surface area contributed by atoms with E-state index in [0.717, 1.165) is 43.1 Å². The Labute approximate surface area is 150 Å². The van der Waals surface area contributed by atoms with Gasteiger partial charge >= 0.3 is 0 Å². The molecular formula is C21H27N3O. The Morgan fingerprint density at radius 3 is 3.04 bits per heavy atom. The van der Waals surface area contributed by atoms with E-state index in [1.165, 1.54) is 30.2 Å². The van der Waals surface area contributed by atoms with Crippen LogP contribution < -0.4 is 10.1 Å². The zero-order valence-corrected chi connectivity index (χ0v) is 15.0. The highest BCUT2D eigenvalue weighted by atomic mass is 16.5. The number of ether oxygens (including phenoxy) is 1. The maximum Gasteiger partial charge on any atom is 0.119 e. The van der Waals surface area contributed by atoms with E-state index in [-0.39, 0.29) is 0 Å². The Balaban J connectivity index is 1.63. The van der Waals surface area contributed by atoms with Crippen molar-refractivity contribution < 1.29 is 4.74 Å². The number of pyridine rings is 1. The Morgan fingerprint density at radius 1 is 1.28 bits per heavy atom. The second kappa shape index (κ2) is 8.82. The third-order valence-electron chi connectivity index (χ3n) is 5.45. The third kappa shape index (κ3) is 4.49. The molecule has 2 atom stereocenters. The Bertz CT molecular complexity index is 737. The summed E-state index contributed by atoms with van der Waals surface area (Å²) in [6.45, 7) is 2.19. The first-order valence-corrected chi connectivity index (χ1v) is 9.31. The van der Waals surface area contributed by atoms with Crippen molar-refractivity contribution in [1.29, 1.82) is 5.26 Å². The van der Waals surface area contributed by atoms with E-state index in [9.17, 15) is 0 Å². The van der Waals surface area contributed by atoms with Crippen molar-refractivity contribution >= 4 is 10.9 Å². The zero-order valence-electron chi connectivity index (χ0n) is 15.0. The molecule has 1 saturated heterocycles. The number of nitriles is 1. The summed E-state index contributed by atoms with van der Waals surface area (Å²) < 4.78 is 5.37. The number of aryl methyl sites for hydroxylation is 1. The molecule has 1 aromatic heterocycles. The van der Waals surface area contributed by atoms with E-state index in [1.807, 2.05) is 18.3 Å². The fraction of sp³-hybridized carbons (Fsp3) is 0.524. The largest absolute Gasteiger partial charge is 0.497 e. The lowest BCUT2D eigenvalue weighted by Gasteiger charge is -2.32. The SMILES string of the molecule is COc1ccc2nccc(CCC[C@@H]3CCNC[C@@H]3CCC#N)c2c1.